The van der Waals surface area contributed by atoms with E-state index in [0.29, 0.717) is 0 Å². The Labute approximate surface area is 117 Å². The van der Waals surface area contributed by atoms with Crippen molar-refractivity contribution in [3.05, 3.63) is 78.9 Å². The van der Waals surface area contributed by atoms with Gasteiger partial charge in [0.15, 0.2) is 0 Å². The summed E-state index contributed by atoms with van der Waals surface area (Å²) in [5.74, 6) is 0. The number of hydrogen-bond acceptors (Lipinski definition) is 1. The Morgan fingerprint density at radius 3 is 2.50 bits per heavy atom. The average molecular weight is 254 g/mol. The second kappa shape index (κ2) is 4.46. The zero-order valence-corrected chi connectivity index (χ0v) is 10.9. The minimum absolute atomic E-state index is 1.03. The lowest BCUT2D eigenvalue weighted by atomic mass is 10.0. The van der Waals surface area contributed by atoms with Crippen molar-refractivity contribution in [2.45, 2.75) is 0 Å². The van der Waals surface area contributed by atoms with Crippen molar-refractivity contribution in [1.29, 1.82) is 0 Å². The van der Waals surface area contributed by atoms with Crippen LogP contribution in [0.25, 0.3) is 32.9 Å². The van der Waals surface area contributed by atoms with Crippen LogP contribution in [0.15, 0.2) is 72.8 Å². The molecule has 20 heavy (non-hydrogen) atoms. The molecule has 1 aromatic heterocycles. The molecule has 0 bridgehead atoms. The molecule has 1 radical (unpaired) electrons. The van der Waals surface area contributed by atoms with E-state index in [9.17, 15) is 0 Å². The van der Waals surface area contributed by atoms with Gasteiger partial charge >= 0.3 is 0 Å². The third-order valence-electron chi connectivity index (χ3n) is 3.55. The van der Waals surface area contributed by atoms with Crippen LogP contribution in [0.2, 0.25) is 0 Å². The SMILES string of the molecule is [c]1ccccc1-c1cccc2cc3ccccc3nc12. The molecule has 0 unspecified atom stereocenters. The van der Waals surface area contributed by atoms with Crippen LogP contribution in [-0.2, 0) is 0 Å². The normalized spacial score (nSPS) is 11.0. The van der Waals surface area contributed by atoms with Crippen LogP contribution in [0.1, 0.15) is 0 Å². The third kappa shape index (κ3) is 1.76. The first-order chi connectivity index (χ1) is 9.92. The molecule has 0 aliphatic carbocycles. The molecule has 4 aromatic rings. The Hall–Kier alpha value is -2.67. The molecule has 1 heterocycles. The summed E-state index contributed by atoms with van der Waals surface area (Å²) >= 11 is 0. The summed E-state index contributed by atoms with van der Waals surface area (Å²) in [6, 6.07) is 28.0. The number of nitrogens with zero attached hydrogens (tertiary/aromatic N) is 1. The van der Waals surface area contributed by atoms with Crippen LogP contribution in [0, 0.1) is 6.07 Å². The first-order valence-electron chi connectivity index (χ1n) is 6.67. The molecule has 1 nitrogen and oxygen atoms in total. The number of benzene rings is 3. The quantitative estimate of drug-likeness (QED) is 0.442. The van der Waals surface area contributed by atoms with E-state index >= 15 is 0 Å². The summed E-state index contributed by atoms with van der Waals surface area (Å²) < 4.78 is 0. The molecule has 0 amide bonds. The minimum atomic E-state index is 1.03. The largest absolute Gasteiger partial charge is 0.247 e. The molecule has 0 N–H and O–H groups in total. The maximum atomic E-state index is 4.83. The van der Waals surface area contributed by atoms with E-state index in [1.54, 1.807) is 0 Å². The summed E-state index contributed by atoms with van der Waals surface area (Å²) in [7, 11) is 0. The van der Waals surface area contributed by atoms with Gasteiger partial charge in [-0.25, -0.2) is 4.98 Å². The lowest BCUT2D eigenvalue weighted by Crippen LogP contribution is -1.86. The summed E-state index contributed by atoms with van der Waals surface area (Å²) in [6.07, 6.45) is 0. The van der Waals surface area contributed by atoms with Gasteiger partial charge in [0, 0.05) is 16.3 Å². The van der Waals surface area contributed by atoms with Crippen molar-refractivity contribution in [2.75, 3.05) is 0 Å². The molecule has 0 saturated carbocycles. The highest BCUT2D eigenvalue weighted by atomic mass is 14.7. The van der Waals surface area contributed by atoms with Gasteiger partial charge in [-0.2, -0.15) is 0 Å². The maximum Gasteiger partial charge on any atom is 0.0788 e. The molecular weight excluding hydrogens is 242 g/mol. The second-order valence-electron chi connectivity index (χ2n) is 4.83. The van der Waals surface area contributed by atoms with E-state index in [0.717, 1.165) is 22.2 Å². The summed E-state index contributed by atoms with van der Waals surface area (Å²) in [5.41, 5.74) is 4.28. The van der Waals surface area contributed by atoms with Crippen LogP contribution in [0.3, 0.4) is 0 Å². The molecule has 93 valence electrons. The Morgan fingerprint density at radius 1 is 0.750 bits per heavy atom. The summed E-state index contributed by atoms with van der Waals surface area (Å²) in [4.78, 5) is 4.83. The number of aromatic nitrogens is 1. The fourth-order valence-electron chi connectivity index (χ4n) is 2.58. The molecule has 0 aliphatic heterocycles. The monoisotopic (exact) mass is 254 g/mol. The number of pyridine rings is 1. The fraction of sp³-hybridized carbons (Fsp3) is 0. The zero-order valence-electron chi connectivity index (χ0n) is 10.9. The van der Waals surface area contributed by atoms with E-state index in [1.165, 1.54) is 10.8 Å². The molecule has 0 atom stereocenters. The molecule has 4 rings (SSSR count). The number of para-hydroxylation sites is 2. The number of rotatable bonds is 1. The van der Waals surface area contributed by atoms with Crippen molar-refractivity contribution in [3.63, 3.8) is 0 Å². The maximum absolute atomic E-state index is 4.83. The lowest BCUT2D eigenvalue weighted by molar-refractivity contribution is 1.49. The standard InChI is InChI=1S/C19H12N/c1-2-7-14(8-3-1)17-11-6-10-16-13-15-9-4-5-12-18(15)20-19(16)17/h1-7,9-13H. The average Bonchev–Trinajstić information content (AvgIpc) is 2.53. The molecule has 0 aliphatic rings. The Kier molecular flexibility index (Phi) is 2.49. The van der Waals surface area contributed by atoms with Gasteiger partial charge < -0.3 is 0 Å². The van der Waals surface area contributed by atoms with E-state index in [1.807, 2.05) is 30.3 Å². The highest BCUT2D eigenvalue weighted by Crippen LogP contribution is 2.28. The van der Waals surface area contributed by atoms with Crippen LogP contribution in [0.4, 0.5) is 0 Å². The van der Waals surface area contributed by atoms with Gasteiger partial charge in [0.2, 0.25) is 0 Å². The predicted octanol–water partition coefficient (Wildman–Crippen LogP) is 4.86. The van der Waals surface area contributed by atoms with Gasteiger partial charge in [0.25, 0.3) is 0 Å². The lowest BCUT2D eigenvalue weighted by Gasteiger charge is -2.07. The minimum Gasteiger partial charge on any atom is -0.247 e. The fourth-order valence-corrected chi connectivity index (χ4v) is 2.58. The van der Waals surface area contributed by atoms with Gasteiger partial charge in [-0.05, 0) is 23.8 Å². The van der Waals surface area contributed by atoms with Gasteiger partial charge in [0.05, 0.1) is 11.0 Å². The third-order valence-corrected chi connectivity index (χ3v) is 3.55. The van der Waals surface area contributed by atoms with Gasteiger partial charge in [-0.3, -0.25) is 0 Å². The molecule has 3 aromatic carbocycles. The second-order valence-corrected chi connectivity index (χ2v) is 4.83. The highest BCUT2D eigenvalue weighted by molar-refractivity contribution is 5.99. The van der Waals surface area contributed by atoms with E-state index in [2.05, 4.69) is 48.5 Å². The van der Waals surface area contributed by atoms with Crippen LogP contribution < -0.4 is 0 Å². The van der Waals surface area contributed by atoms with E-state index < -0.39 is 0 Å². The number of fused-ring (bicyclic) bond motifs is 2. The van der Waals surface area contributed by atoms with Crippen LogP contribution in [0.5, 0.6) is 0 Å². The predicted molar refractivity (Wildman–Crippen MR) is 83.5 cm³/mol. The molecule has 0 saturated heterocycles. The van der Waals surface area contributed by atoms with Crippen molar-refractivity contribution < 1.29 is 0 Å². The van der Waals surface area contributed by atoms with Gasteiger partial charge in [0.1, 0.15) is 0 Å². The Balaban J connectivity index is 2.09. The first kappa shape index (κ1) is 11.2. The highest BCUT2D eigenvalue weighted by Gasteiger charge is 2.06. The van der Waals surface area contributed by atoms with Crippen LogP contribution in [-0.4, -0.2) is 4.98 Å². The molecule has 0 spiro atoms. The topological polar surface area (TPSA) is 12.9 Å². The smallest absolute Gasteiger partial charge is 0.0788 e. The zero-order chi connectivity index (χ0) is 13.4. The Morgan fingerprint density at radius 2 is 1.60 bits per heavy atom. The summed E-state index contributed by atoms with van der Waals surface area (Å²) in [6.45, 7) is 0. The molecular formula is C19H12N. The molecule has 0 fully saturated rings. The van der Waals surface area contributed by atoms with Gasteiger partial charge in [-0.1, -0.05) is 60.7 Å². The van der Waals surface area contributed by atoms with Gasteiger partial charge in [-0.15, -0.1) is 0 Å². The van der Waals surface area contributed by atoms with Crippen LogP contribution >= 0.6 is 0 Å². The van der Waals surface area contributed by atoms with E-state index in [-0.39, 0.29) is 0 Å². The first-order valence-corrected chi connectivity index (χ1v) is 6.67. The van der Waals surface area contributed by atoms with Crippen molar-refractivity contribution in [1.82, 2.24) is 4.98 Å². The van der Waals surface area contributed by atoms with Crippen molar-refractivity contribution >= 4 is 21.8 Å². The van der Waals surface area contributed by atoms with Crippen molar-refractivity contribution in [3.8, 4) is 11.1 Å². The van der Waals surface area contributed by atoms with E-state index in [4.69, 9.17) is 4.98 Å². The molecule has 1 heteroatoms. The number of hydrogen-bond donors (Lipinski definition) is 0. The summed E-state index contributed by atoms with van der Waals surface area (Å²) in [5, 5.41) is 2.34. The Bertz CT molecular complexity index is 895. The van der Waals surface area contributed by atoms with Crippen molar-refractivity contribution in [2.24, 2.45) is 0 Å².